The SMILES string of the molecule is COc1c(CN(C)CC(C)(C)O)c(C)nn1C. The number of hydrogen-bond donors (Lipinski definition) is 1. The third-order valence-corrected chi connectivity index (χ3v) is 2.57. The summed E-state index contributed by atoms with van der Waals surface area (Å²) in [5, 5.41) is 14.1. The maximum Gasteiger partial charge on any atom is 0.216 e. The molecule has 0 amide bonds. The molecule has 0 unspecified atom stereocenters. The first kappa shape index (κ1) is 14.0. The molecule has 0 aliphatic rings. The molecule has 0 spiro atoms. The number of nitrogens with zero attached hydrogens (tertiary/aromatic N) is 3. The van der Waals surface area contributed by atoms with Crippen LogP contribution in [0.3, 0.4) is 0 Å². The van der Waals surface area contributed by atoms with Gasteiger partial charge in [-0.3, -0.25) is 4.90 Å². The van der Waals surface area contributed by atoms with Crippen LogP contribution in [0, 0.1) is 6.92 Å². The Morgan fingerprint density at radius 3 is 2.53 bits per heavy atom. The molecule has 1 aromatic rings. The molecule has 17 heavy (non-hydrogen) atoms. The van der Waals surface area contributed by atoms with E-state index in [0.717, 1.165) is 17.1 Å². The lowest BCUT2D eigenvalue weighted by atomic mass is 10.1. The zero-order chi connectivity index (χ0) is 13.2. The third kappa shape index (κ3) is 3.71. The molecule has 0 aliphatic heterocycles. The van der Waals surface area contributed by atoms with Crippen molar-refractivity contribution in [1.82, 2.24) is 14.7 Å². The molecule has 1 aromatic heterocycles. The van der Waals surface area contributed by atoms with Gasteiger partial charge in [0.1, 0.15) is 0 Å². The van der Waals surface area contributed by atoms with Gasteiger partial charge in [0, 0.05) is 20.1 Å². The number of aryl methyl sites for hydroxylation is 2. The molecule has 0 saturated heterocycles. The summed E-state index contributed by atoms with van der Waals surface area (Å²) < 4.78 is 7.08. The molecule has 5 heteroatoms. The van der Waals surface area contributed by atoms with E-state index < -0.39 is 5.60 Å². The van der Waals surface area contributed by atoms with Crippen molar-refractivity contribution in [1.29, 1.82) is 0 Å². The number of aromatic nitrogens is 2. The molecule has 0 radical (unpaired) electrons. The highest BCUT2D eigenvalue weighted by atomic mass is 16.5. The Hall–Kier alpha value is -1.07. The predicted octanol–water partition coefficient (Wildman–Crippen LogP) is 0.940. The zero-order valence-electron chi connectivity index (χ0n) is 11.6. The molecule has 0 bridgehead atoms. The minimum atomic E-state index is -0.696. The second kappa shape index (κ2) is 5.06. The third-order valence-electron chi connectivity index (χ3n) is 2.57. The number of rotatable bonds is 5. The van der Waals surface area contributed by atoms with Crippen LogP contribution in [0.5, 0.6) is 5.88 Å². The van der Waals surface area contributed by atoms with Gasteiger partial charge in [0.05, 0.1) is 24.0 Å². The van der Waals surface area contributed by atoms with Crippen LogP contribution in [0.2, 0.25) is 0 Å². The summed E-state index contributed by atoms with van der Waals surface area (Å²) in [6.07, 6.45) is 0. The highest BCUT2D eigenvalue weighted by Crippen LogP contribution is 2.22. The van der Waals surface area contributed by atoms with Gasteiger partial charge >= 0.3 is 0 Å². The summed E-state index contributed by atoms with van der Waals surface area (Å²) in [6, 6.07) is 0. The Balaban J connectivity index is 2.81. The van der Waals surface area contributed by atoms with Crippen LogP contribution in [0.1, 0.15) is 25.1 Å². The van der Waals surface area contributed by atoms with Crippen molar-refractivity contribution in [2.24, 2.45) is 7.05 Å². The Bertz CT molecular complexity index is 380. The van der Waals surface area contributed by atoms with Gasteiger partial charge in [-0.1, -0.05) is 0 Å². The Morgan fingerprint density at radius 1 is 1.47 bits per heavy atom. The number of ether oxygens (including phenoxy) is 1. The van der Waals surface area contributed by atoms with Gasteiger partial charge in [-0.05, 0) is 27.8 Å². The molecule has 5 nitrogen and oxygen atoms in total. The van der Waals surface area contributed by atoms with E-state index in [1.54, 1.807) is 25.6 Å². The minimum absolute atomic E-state index is 0.602. The van der Waals surface area contributed by atoms with Crippen LogP contribution >= 0.6 is 0 Å². The average Bonchev–Trinajstić information content (AvgIpc) is 2.38. The van der Waals surface area contributed by atoms with Gasteiger partial charge in [0.2, 0.25) is 5.88 Å². The molecule has 0 aromatic carbocycles. The van der Waals surface area contributed by atoms with Crippen molar-refractivity contribution in [3.05, 3.63) is 11.3 Å². The van der Waals surface area contributed by atoms with E-state index in [2.05, 4.69) is 10.00 Å². The summed E-state index contributed by atoms with van der Waals surface area (Å²) in [5.74, 6) is 0.782. The first-order valence-corrected chi connectivity index (χ1v) is 5.72. The number of hydrogen-bond acceptors (Lipinski definition) is 4. The topological polar surface area (TPSA) is 50.5 Å². The van der Waals surface area contributed by atoms with E-state index in [-0.39, 0.29) is 0 Å². The lowest BCUT2D eigenvalue weighted by Gasteiger charge is -2.25. The van der Waals surface area contributed by atoms with Crippen molar-refractivity contribution in [2.45, 2.75) is 32.9 Å². The van der Waals surface area contributed by atoms with Crippen LogP contribution in [-0.2, 0) is 13.6 Å². The molecule has 1 N–H and O–H groups in total. The first-order valence-electron chi connectivity index (χ1n) is 5.72. The summed E-state index contributed by atoms with van der Waals surface area (Å²) >= 11 is 0. The van der Waals surface area contributed by atoms with E-state index in [0.29, 0.717) is 13.1 Å². The molecular formula is C12H23N3O2. The molecule has 0 saturated carbocycles. The highest BCUT2D eigenvalue weighted by Gasteiger charge is 2.19. The fourth-order valence-electron chi connectivity index (χ4n) is 2.10. The van der Waals surface area contributed by atoms with E-state index in [9.17, 15) is 5.11 Å². The van der Waals surface area contributed by atoms with Crippen molar-refractivity contribution in [3.8, 4) is 5.88 Å². The quantitative estimate of drug-likeness (QED) is 0.833. The summed E-state index contributed by atoms with van der Waals surface area (Å²) in [5.41, 5.74) is 1.34. The largest absolute Gasteiger partial charge is 0.481 e. The minimum Gasteiger partial charge on any atom is -0.481 e. The van der Waals surface area contributed by atoms with Crippen molar-refractivity contribution >= 4 is 0 Å². The normalized spacial score (nSPS) is 12.2. The standard InChI is InChI=1S/C12H23N3O2/c1-9-10(11(17-6)15(5)13-9)7-14(4)8-12(2,3)16/h16H,7-8H2,1-6H3. The van der Waals surface area contributed by atoms with Gasteiger partial charge in [0.15, 0.2) is 0 Å². The predicted molar refractivity (Wildman–Crippen MR) is 67.1 cm³/mol. The lowest BCUT2D eigenvalue weighted by Crippen LogP contribution is -2.35. The second-order valence-electron chi connectivity index (χ2n) is 5.18. The van der Waals surface area contributed by atoms with Crippen LogP contribution in [0.4, 0.5) is 0 Å². The fraction of sp³-hybridized carbons (Fsp3) is 0.750. The molecule has 98 valence electrons. The lowest BCUT2D eigenvalue weighted by molar-refractivity contribution is 0.0422. The average molecular weight is 241 g/mol. The van der Waals surface area contributed by atoms with Crippen molar-refractivity contribution < 1.29 is 9.84 Å². The van der Waals surface area contributed by atoms with Crippen LogP contribution in [0.15, 0.2) is 0 Å². The molecule has 1 rings (SSSR count). The van der Waals surface area contributed by atoms with E-state index in [1.807, 2.05) is 21.0 Å². The first-order chi connectivity index (χ1) is 7.74. The van der Waals surface area contributed by atoms with Crippen LogP contribution in [-0.4, -0.2) is 46.1 Å². The van der Waals surface area contributed by atoms with E-state index >= 15 is 0 Å². The number of likely N-dealkylation sites (N-methyl/N-ethyl adjacent to an activating group) is 1. The van der Waals surface area contributed by atoms with Crippen molar-refractivity contribution in [2.75, 3.05) is 20.7 Å². The summed E-state index contributed by atoms with van der Waals surface area (Å²) in [6.45, 7) is 6.89. The van der Waals surface area contributed by atoms with Gasteiger partial charge in [-0.15, -0.1) is 0 Å². The number of aliphatic hydroxyl groups is 1. The zero-order valence-corrected chi connectivity index (χ0v) is 11.6. The van der Waals surface area contributed by atoms with Crippen LogP contribution < -0.4 is 4.74 Å². The smallest absolute Gasteiger partial charge is 0.216 e. The van der Waals surface area contributed by atoms with Crippen LogP contribution in [0.25, 0.3) is 0 Å². The molecule has 0 aliphatic carbocycles. The van der Waals surface area contributed by atoms with Gasteiger partial charge < -0.3 is 9.84 Å². The second-order valence-corrected chi connectivity index (χ2v) is 5.18. The summed E-state index contributed by atoms with van der Waals surface area (Å²) in [4.78, 5) is 2.06. The van der Waals surface area contributed by atoms with Gasteiger partial charge in [-0.2, -0.15) is 5.10 Å². The molecule has 1 heterocycles. The Kier molecular flexibility index (Phi) is 4.16. The molecule has 0 fully saturated rings. The monoisotopic (exact) mass is 241 g/mol. The van der Waals surface area contributed by atoms with E-state index in [1.165, 1.54) is 0 Å². The summed E-state index contributed by atoms with van der Waals surface area (Å²) in [7, 11) is 5.49. The Morgan fingerprint density at radius 2 is 2.06 bits per heavy atom. The molecule has 0 atom stereocenters. The maximum atomic E-state index is 9.77. The maximum absolute atomic E-state index is 9.77. The number of methoxy groups -OCH3 is 1. The van der Waals surface area contributed by atoms with E-state index in [4.69, 9.17) is 4.74 Å². The fourth-order valence-corrected chi connectivity index (χ4v) is 2.10. The van der Waals surface area contributed by atoms with Gasteiger partial charge in [0.25, 0.3) is 0 Å². The van der Waals surface area contributed by atoms with Gasteiger partial charge in [-0.25, -0.2) is 4.68 Å². The molecular weight excluding hydrogens is 218 g/mol. The Labute approximate surface area is 103 Å². The highest BCUT2D eigenvalue weighted by molar-refractivity contribution is 5.30. The van der Waals surface area contributed by atoms with Crippen molar-refractivity contribution in [3.63, 3.8) is 0 Å².